The lowest BCUT2D eigenvalue weighted by Gasteiger charge is -2.11. The highest BCUT2D eigenvalue weighted by Gasteiger charge is 2.42. The summed E-state index contributed by atoms with van der Waals surface area (Å²) in [5, 5.41) is 0. The van der Waals surface area contributed by atoms with Gasteiger partial charge >= 0.3 is 24.3 Å². The Hall–Kier alpha value is -2.26. The molecule has 0 saturated carbocycles. The van der Waals surface area contributed by atoms with Crippen LogP contribution in [0.5, 0.6) is 5.75 Å². The quantitative estimate of drug-likeness (QED) is 0.489. The van der Waals surface area contributed by atoms with E-state index in [2.05, 4.69) is 9.47 Å². The van der Waals surface area contributed by atoms with E-state index < -0.39 is 42.2 Å². The van der Waals surface area contributed by atoms with Gasteiger partial charge in [0.2, 0.25) is 0 Å². The van der Waals surface area contributed by atoms with Gasteiger partial charge in [-0.1, -0.05) is 12.1 Å². The zero-order valence-electron chi connectivity index (χ0n) is 9.92. The van der Waals surface area contributed by atoms with Crippen molar-refractivity contribution in [3.05, 3.63) is 29.8 Å². The van der Waals surface area contributed by atoms with Crippen LogP contribution in [-0.2, 0) is 9.53 Å². The summed E-state index contributed by atoms with van der Waals surface area (Å²) in [5.41, 5.74) is -0.737. The fourth-order valence-corrected chi connectivity index (χ4v) is 1.11. The van der Waals surface area contributed by atoms with Crippen LogP contribution in [0.3, 0.4) is 0 Å². The van der Waals surface area contributed by atoms with Crippen molar-refractivity contribution in [2.45, 2.75) is 12.4 Å². The number of carbonyl (C=O) groups is 2. The standard InChI is InChI=1S/C11H6F6O4/c12-10(13,14)5-20-8(18)6-3-1-2-4-7(6)21-9(19)11(15,16)17/h1-4H,5H2. The third kappa shape index (κ3) is 5.32. The van der Waals surface area contributed by atoms with E-state index in [1.165, 1.54) is 0 Å². The number of benzene rings is 1. The number of halogens is 6. The minimum atomic E-state index is -5.32. The second-order valence-electron chi connectivity index (χ2n) is 3.57. The molecule has 0 unspecified atom stereocenters. The first-order valence-corrected chi connectivity index (χ1v) is 5.12. The van der Waals surface area contributed by atoms with Gasteiger partial charge in [0.1, 0.15) is 11.3 Å². The molecule has 1 aromatic carbocycles. The molecule has 0 saturated heterocycles. The molecule has 0 N–H and O–H groups in total. The molecular weight excluding hydrogens is 310 g/mol. The highest BCUT2D eigenvalue weighted by molar-refractivity contribution is 5.93. The smallest absolute Gasteiger partial charge is 0.452 e. The zero-order chi connectivity index (χ0) is 16.3. The molecule has 0 aliphatic carbocycles. The topological polar surface area (TPSA) is 52.6 Å². The number of ether oxygens (including phenoxy) is 2. The molecule has 116 valence electrons. The van der Waals surface area contributed by atoms with Crippen molar-refractivity contribution in [1.82, 2.24) is 0 Å². The van der Waals surface area contributed by atoms with Crippen LogP contribution < -0.4 is 4.74 Å². The molecule has 10 heteroatoms. The van der Waals surface area contributed by atoms with E-state index in [9.17, 15) is 35.9 Å². The highest BCUT2D eigenvalue weighted by atomic mass is 19.4. The Morgan fingerprint density at radius 1 is 1.00 bits per heavy atom. The van der Waals surface area contributed by atoms with Gasteiger partial charge in [-0.15, -0.1) is 0 Å². The Labute approximate surface area is 113 Å². The van der Waals surface area contributed by atoms with E-state index in [1.54, 1.807) is 0 Å². The monoisotopic (exact) mass is 316 g/mol. The summed E-state index contributed by atoms with van der Waals surface area (Å²) in [6.07, 6.45) is -10.1. The second kappa shape index (κ2) is 6.02. The minimum Gasteiger partial charge on any atom is -0.452 e. The SMILES string of the molecule is O=C(OCC(F)(F)F)c1ccccc1OC(=O)C(F)(F)F. The maximum absolute atomic E-state index is 12.0. The lowest BCUT2D eigenvalue weighted by Crippen LogP contribution is -2.29. The Morgan fingerprint density at radius 2 is 1.57 bits per heavy atom. The van der Waals surface area contributed by atoms with Crippen molar-refractivity contribution < 1.29 is 45.4 Å². The largest absolute Gasteiger partial charge is 0.491 e. The molecule has 0 bridgehead atoms. The van der Waals surface area contributed by atoms with Crippen LogP contribution in [-0.4, -0.2) is 30.9 Å². The normalized spacial score (nSPS) is 11.9. The zero-order valence-corrected chi connectivity index (χ0v) is 9.92. The van der Waals surface area contributed by atoms with E-state index >= 15 is 0 Å². The Morgan fingerprint density at radius 3 is 2.10 bits per heavy atom. The minimum absolute atomic E-state index is 0.737. The van der Waals surface area contributed by atoms with Crippen LogP contribution in [0.4, 0.5) is 26.3 Å². The van der Waals surface area contributed by atoms with Crippen molar-refractivity contribution in [2.24, 2.45) is 0 Å². The van der Waals surface area contributed by atoms with Gasteiger partial charge in [0, 0.05) is 0 Å². The van der Waals surface area contributed by atoms with Crippen LogP contribution in [0.1, 0.15) is 10.4 Å². The third-order valence-corrected chi connectivity index (χ3v) is 1.91. The number of rotatable bonds is 3. The van der Waals surface area contributed by atoms with E-state index in [-0.39, 0.29) is 0 Å². The molecule has 0 heterocycles. The van der Waals surface area contributed by atoms with Gasteiger partial charge in [0.05, 0.1) is 0 Å². The molecule has 0 atom stereocenters. The lowest BCUT2D eigenvalue weighted by molar-refractivity contribution is -0.189. The first-order chi connectivity index (χ1) is 9.50. The molecule has 21 heavy (non-hydrogen) atoms. The van der Waals surface area contributed by atoms with Crippen LogP contribution in [0.2, 0.25) is 0 Å². The number of hydrogen-bond donors (Lipinski definition) is 0. The predicted molar refractivity (Wildman–Crippen MR) is 54.5 cm³/mol. The van der Waals surface area contributed by atoms with Crippen LogP contribution >= 0.6 is 0 Å². The maximum atomic E-state index is 12.0. The number of esters is 2. The lowest BCUT2D eigenvalue weighted by atomic mass is 10.2. The molecule has 0 aliphatic heterocycles. The first kappa shape index (κ1) is 16.8. The van der Waals surface area contributed by atoms with Crippen molar-refractivity contribution in [1.29, 1.82) is 0 Å². The third-order valence-electron chi connectivity index (χ3n) is 1.91. The Bertz CT molecular complexity index is 534. The van der Waals surface area contributed by atoms with Crippen molar-refractivity contribution in [3.63, 3.8) is 0 Å². The second-order valence-corrected chi connectivity index (χ2v) is 3.57. The van der Waals surface area contributed by atoms with Crippen LogP contribution in [0, 0.1) is 0 Å². The summed E-state index contributed by atoms with van der Waals surface area (Å²) in [7, 11) is 0. The Kier molecular flexibility index (Phi) is 4.81. The van der Waals surface area contributed by atoms with Gasteiger partial charge in [-0.05, 0) is 12.1 Å². The molecule has 0 spiro atoms. The van der Waals surface area contributed by atoms with Crippen LogP contribution in [0.15, 0.2) is 24.3 Å². The molecule has 0 aromatic heterocycles. The summed E-state index contributed by atoms with van der Waals surface area (Å²) in [6, 6.07) is 3.94. The van der Waals surface area contributed by atoms with E-state index in [4.69, 9.17) is 0 Å². The molecule has 0 amide bonds. The van der Waals surface area contributed by atoms with Gasteiger partial charge < -0.3 is 9.47 Å². The Balaban J connectivity index is 2.89. The first-order valence-electron chi connectivity index (χ1n) is 5.12. The van der Waals surface area contributed by atoms with Gasteiger partial charge in [0.15, 0.2) is 6.61 Å². The molecule has 0 fully saturated rings. The highest BCUT2D eigenvalue weighted by Crippen LogP contribution is 2.24. The van der Waals surface area contributed by atoms with E-state index in [0.29, 0.717) is 0 Å². The number of alkyl halides is 6. The van der Waals surface area contributed by atoms with Gasteiger partial charge in [0.25, 0.3) is 0 Å². The van der Waals surface area contributed by atoms with E-state index in [0.717, 1.165) is 24.3 Å². The van der Waals surface area contributed by atoms with Crippen molar-refractivity contribution in [2.75, 3.05) is 6.61 Å². The average Bonchev–Trinajstić information content (AvgIpc) is 2.34. The summed E-state index contributed by atoms with van der Waals surface area (Å²) in [6.45, 7) is -1.92. The molecule has 0 aliphatic rings. The number of hydrogen-bond acceptors (Lipinski definition) is 4. The maximum Gasteiger partial charge on any atom is 0.491 e. The van der Waals surface area contributed by atoms with Gasteiger partial charge in [-0.2, -0.15) is 26.3 Å². The average molecular weight is 316 g/mol. The summed E-state index contributed by atoms with van der Waals surface area (Å²) < 4.78 is 79.5. The number of para-hydroxylation sites is 1. The molecule has 1 aromatic rings. The van der Waals surface area contributed by atoms with Crippen LogP contribution in [0.25, 0.3) is 0 Å². The number of carbonyl (C=O) groups excluding carboxylic acids is 2. The fourth-order valence-electron chi connectivity index (χ4n) is 1.11. The van der Waals surface area contributed by atoms with Crippen molar-refractivity contribution >= 4 is 11.9 Å². The molecular formula is C11H6F6O4. The molecule has 4 nitrogen and oxygen atoms in total. The molecule has 0 radical (unpaired) electrons. The van der Waals surface area contributed by atoms with E-state index in [1.807, 2.05) is 0 Å². The van der Waals surface area contributed by atoms with Crippen molar-refractivity contribution in [3.8, 4) is 5.75 Å². The van der Waals surface area contributed by atoms with Gasteiger partial charge in [-0.25, -0.2) is 9.59 Å². The summed E-state index contributed by atoms with van der Waals surface area (Å²) in [4.78, 5) is 22.0. The predicted octanol–water partition coefficient (Wildman–Crippen LogP) is 2.87. The molecule has 1 rings (SSSR count). The summed E-state index contributed by atoms with van der Waals surface area (Å²) >= 11 is 0. The van der Waals surface area contributed by atoms with Gasteiger partial charge in [-0.3, -0.25) is 0 Å². The summed E-state index contributed by atoms with van der Waals surface area (Å²) in [5.74, 6) is -5.04. The fraction of sp³-hybridized carbons (Fsp3) is 0.273.